The Morgan fingerprint density at radius 3 is 2.29 bits per heavy atom. The van der Waals surface area contributed by atoms with Gasteiger partial charge < -0.3 is 5.11 Å². The predicted octanol–water partition coefficient (Wildman–Crippen LogP) is 4.41. The maximum absolute atomic E-state index is 12.7. The molecule has 0 heterocycles. The third-order valence-electron chi connectivity index (χ3n) is 3.60. The Kier molecular flexibility index (Phi) is 4.68. The first-order valence-electron chi connectivity index (χ1n) is 6.77. The van der Waals surface area contributed by atoms with Crippen LogP contribution in [0.4, 0.5) is 13.2 Å². The van der Waals surface area contributed by atoms with E-state index in [1.165, 1.54) is 6.07 Å². The minimum atomic E-state index is -4.36. The SMILES string of the molecule is CC(c1ccccc1)C(O)Cc1cccc(C(F)(F)F)c1. The molecule has 0 aromatic heterocycles. The molecule has 0 saturated carbocycles. The van der Waals surface area contributed by atoms with E-state index in [0.29, 0.717) is 5.56 Å². The highest BCUT2D eigenvalue weighted by Crippen LogP contribution is 2.30. The normalized spacial score (nSPS) is 14.7. The van der Waals surface area contributed by atoms with Crippen LogP contribution in [0.2, 0.25) is 0 Å². The largest absolute Gasteiger partial charge is 0.416 e. The molecular formula is C17H17F3O. The topological polar surface area (TPSA) is 20.2 Å². The van der Waals surface area contributed by atoms with Crippen LogP contribution in [-0.2, 0) is 12.6 Å². The van der Waals surface area contributed by atoms with E-state index in [-0.39, 0.29) is 12.3 Å². The number of aliphatic hydroxyl groups excluding tert-OH is 1. The Balaban J connectivity index is 2.11. The lowest BCUT2D eigenvalue weighted by molar-refractivity contribution is -0.137. The first-order chi connectivity index (χ1) is 9.88. The zero-order valence-electron chi connectivity index (χ0n) is 11.6. The lowest BCUT2D eigenvalue weighted by Gasteiger charge is -2.20. The maximum atomic E-state index is 12.7. The van der Waals surface area contributed by atoms with E-state index >= 15 is 0 Å². The highest BCUT2D eigenvalue weighted by atomic mass is 19.4. The number of alkyl halides is 3. The van der Waals surface area contributed by atoms with Crippen LogP contribution < -0.4 is 0 Å². The van der Waals surface area contributed by atoms with Crippen molar-refractivity contribution in [3.63, 3.8) is 0 Å². The van der Waals surface area contributed by atoms with Crippen LogP contribution in [0.1, 0.15) is 29.5 Å². The molecule has 2 rings (SSSR count). The van der Waals surface area contributed by atoms with Gasteiger partial charge in [-0.15, -0.1) is 0 Å². The molecule has 0 radical (unpaired) electrons. The molecule has 2 unspecified atom stereocenters. The van der Waals surface area contributed by atoms with Gasteiger partial charge in [0.2, 0.25) is 0 Å². The fourth-order valence-electron chi connectivity index (χ4n) is 2.27. The van der Waals surface area contributed by atoms with Crippen LogP contribution in [-0.4, -0.2) is 11.2 Å². The van der Waals surface area contributed by atoms with Crippen molar-refractivity contribution < 1.29 is 18.3 Å². The van der Waals surface area contributed by atoms with Crippen LogP contribution >= 0.6 is 0 Å². The van der Waals surface area contributed by atoms with Crippen LogP contribution in [0.3, 0.4) is 0 Å². The molecule has 0 fully saturated rings. The van der Waals surface area contributed by atoms with Crippen LogP contribution in [0.15, 0.2) is 54.6 Å². The van der Waals surface area contributed by atoms with E-state index < -0.39 is 17.8 Å². The number of aliphatic hydroxyl groups is 1. The molecule has 0 aliphatic carbocycles. The Morgan fingerprint density at radius 1 is 1.00 bits per heavy atom. The molecule has 2 atom stereocenters. The van der Waals surface area contributed by atoms with Gasteiger partial charge in [-0.25, -0.2) is 0 Å². The van der Waals surface area contributed by atoms with Gasteiger partial charge in [-0.3, -0.25) is 0 Å². The van der Waals surface area contributed by atoms with E-state index in [2.05, 4.69) is 0 Å². The van der Waals surface area contributed by atoms with Gasteiger partial charge in [0.25, 0.3) is 0 Å². The number of hydrogen-bond acceptors (Lipinski definition) is 1. The van der Waals surface area contributed by atoms with Gasteiger partial charge in [0.15, 0.2) is 0 Å². The Morgan fingerprint density at radius 2 is 1.67 bits per heavy atom. The Hall–Kier alpha value is -1.81. The van der Waals surface area contributed by atoms with Crippen molar-refractivity contribution >= 4 is 0 Å². The molecule has 0 bridgehead atoms. The van der Waals surface area contributed by atoms with E-state index in [4.69, 9.17) is 0 Å². The van der Waals surface area contributed by atoms with Gasteiger partial charge >= 0.3 is 6.18 Å². The van der Waals surface area contributed by atoms with Crippen LogP contribution in [0.25, 0.3) is 0 Å². The van der Waals surface area contributed by atoms with Gasteiger partial charge in [-0.1, -0.05) is 55.5 Å². The molecule has 2 aromatic rings. The zero-order valence-corrected chi connectivity index (χ0v) is 11.6. The van der Waals surface area contributed by atoms with Gasteiger partial charge in [0.1, 0.15) is 0 Å². The highest BCUT2D eigenvalue weighted by Gasteiger charge is 2.30. The summed E-state index contributed by atoms with van der Waals surface area (Å²) in [5.74, 6) is -0.138. The molecule has 0 amide bonds. The van der Waals surface area contributed by atoms with Crippen molar-refractivity contribution in [3.05, 3.63) is 71.3 Å². The van der Waals surface area contributed by atoms with Crippen molar-refractivity contribution in [2.75, 3.05) is 0 Å². The minimum absolute atomic E-state index is 0.138. The summed E-state index contributed by atoms with van der Waals surface area (Å²) >= 11 is 0. The molecule has 1 nitrogen and oxygen atoms in total. The molecule has 0 saturated heterocycles. The smallest absolute Gasteiger partial charge is 0.392 e. The van der Waals surface area contributed by atoms with Gasteiger partial charge in [-0.2, -0.15) is 13.2 Å². The predicted molar refractivity (Wildman–Crippen MR) is 76.0 cm³/mol. The lowest BCUT2D eigenvalue weighted by atomic mass is 9.91. The second-order valence-corrected chi connectivity index (χ2v) is 5.17. The van der Waals surface area contributed by atoms with Gasteiger partial charge in [0.05, 0.1) is 11.7 Å². The fraction of sp³-hybridized carbons (Fsp3) is 0.294. The van der Waals surface area contributed by atoms with Gasteiger partial charge in [0, 0.05) is 5.92 Å². The number of hydrogen-bond donors (Lipinski definition) is 1. The van der Waals surface area contributed by atoms with Crippen molar-refractivity contribution in [3.8, 4) is 0 Å². The minimum Gasteiger partial charge on any atom is -0.392 e. The Labute approximate surface area is 122 Å². The van der Waals surface area contributed by atoms with Crippen LogP contribution in [0.5, 0.6) is 0 Å². The van der Waals surface area contributed by atoms with E-state index in [9.17, 15) is 18.3 Å². The summed E-state index contributed by atoms with van der Waals surface area (Å²) in [7, 11) is 0. The quantitative estimate of drug-likeness (QED) is 0.885. The van der Waals surface area contributed by atoms with Crippen LogP contribution in [0, 0.1) is 0 Å². The van der Waals surface area contributed by atoms with Crippen molar-refractivity contribution in [1.82, 2.24) is 0 Å². The number of halogens is 3. The third-order valence-corrected chi connectivity index (χ3v) is 3.60. The summed E-state index contributed by atoms with van der Waals surface area (Å²) < 4.78 is 38.0. The molecule has 1 N–H and O–H groups in total. The molecule has 112 valence electrons. The average Bonchev–Trinajstić information content (AvgIpc) is 2.47. The molecule has 21 heavy (non-hydrogen) atoms. The van der Waals surface area contributed by atoms with Crippen molar-refractivity contribution in [1.29, 1.82) is 0 Å². The van der Waals surface area contributed by atoms with Crippen molar-refractivity contribution in [2.24, 2.45) is 0 Å². The third kappa shape index (κ3) is 4.08. The van der Waals surface area contributed by atoms with Crippen molar-refractivity contribution in [2.45, 2.75) is 31.5 Å². The van der Waals surface area contributed by atoms with E-state index in [1.807, 2.05) is 37.3 Å². The Bertz CT molecular complexity index is 578. The average molecular weight is 294 g/mol. The van der Waals surface area contributed by atoms with E-state index in [0.717, 1.165) is 17.7 Å². The summed E-state index contributed by atoms with van der Waals surface area (Å²) in [6.45, 7) is 1.87. The summed E-state index contributed by atoms with van der Waals surface area (Å²) in [5, 5.41) is 10.2. The molecule has 0 aliphatic heterocycles. The molecule has 0 aliphatic rings. The zero-order chi connectivity index (χ0) is 15.5. The standard InChI is InChI=1S/C17H17F3O/c1-12(14-7-3-2-4-8-14)16(21)11-13-6-5-9-15(10-13)17(18,19)20/h2-10,12,16,21H,11H2,1H3. The number of rotatable bonds is 4. The number of benzene rings is 2. The lowest BCUT2D eigenvalue weighted by Crippen LogP contribution is -2.19. The summed E-state index contributed by atoms with van der Waals surface area (Å²) in [4.78, 5) is 0. The van der Waals surface area contributed by atoms with Gasteiger partial charge in [-0.05, 0) is 23.6 Å². The fourth-order valence-corrected chi connectivity index (χ4v) is 2.27. The summed E-state index contributed by atoms with van der Waals surface area (Å²) in [5.41, 5.74) is 0.775. The first-order valence-corrected chi connectivity index (χ1v) is 6.77. The maximum Gasteiger partial charge on any atom is 0.416 e. The highest BCUT2D eigenvalue weighted by molar-refractivity contribution is 5.27. The molecule has 0 spiro atoms. The summed E-state index contributed by atoms with van der Waals surface area (Å²) in [6.07, 6.45) is -4.89. The molecule has 4 heteroatoms. The first kappa shape index (κ1) is 15.6. The molecule has 2 aromatic carbocycles. The second kappa shape index (κ2) is 6.31. The van der Waals surface area contributed by atoms with E-state index in [1.54, 1.807) is 6.07 Å². The molecular weight excluding hydrogens is 277 g/mol. The second-order valence-electron chi connectivity index (χ2n) is 5.17. The summed E-state index contributed by atoms with van der Waals surface area (Å²) in [6, 6.07) is 14.6. The monoisotopic (exact) mass is 294 g/mol.